The van der Waals surface area contributed by atoms with Crippen LogP contribution >= 0.6 is 0 Å². The fraction of sp³-hybridized carbons (Fsp3) is 0.778. The van der Waals surface area contributed by atoms with Crippen molar-refractivity contribution in [3.8, 4) is 12.3 Å². The third-order valence-electron chi connectivity index (χ3n) is 1.57. The van der Waals surface area contributed by atoms with Gasteiger partial charge >= 0.3 is 0 Å². The minimum Gasteiger partial charge on any atom is -0.316 e. The molecule has 14 heavy (non-hydrogen) atoms. The second-order valence-corrected chi connectivity index (χ2v) is 5.39. The van der Waals surface area contributed by atoms with E-state index in [9.17, 15) is 8.42 Å². The molecule has 0 bridgehead atoms. The molecule has 0 saturated carbocycles. The van der Waals surface area contributed by atoms with Crippen molar-refractivity contribution in [2.24, 2.45) is 0 Å². The van der Waals surface area contributed by atoms with Crippen LogP contribution in [0.4, 0.5) is 0 Å². The predicted octanol–water partition coefficient (Wildman–Crippen LogP) is -0.0729. The lowest BCUT2D eigenvalue weighted by Crippen LogP contribution is -2.44. The number of hydrogen-bond donors (Lipinski definition) is 2. The topological polar surface area (TPSA) is 58.2 Å². The van der Waals surface area contributed by atoms with Gasteiger partial charge in [-0.2, -0.15) is 4.72 Å². The summed E-state index contributed by atoms with van der Waals surface area (Å²) in [6, 6.07) is 0. The first-order valence-corrected chi connectivity index (χ1v) is 6.18. The van der Waals surface area contributed by atoms with Crippen LogP contribution in [0.2, 0.25) is 0 Å². The van der Waals surface area contributed by atoms with Crippen molar-refractivity contribution in [1.82, 2.24) is 10.0 Å². The van der Waals surface area contributed by atoms with Crippen molar-refractivity contribution in [1.29, 1.82) is 0 Å². The van der Waals surface area contributed by atoms with Gasteiger partial charge in [0.25, 0.3) is 0 Å². The zero-order valence-electron chi connectivity index (χ0n) is 8.92. The van der Waals surface area contributed by atoms with Crippen LogP contribution in [0.25, 0.3) is 0 Å². The average Bonchev–Trinajstić information content (AvgIpc) is 2.03. The Morgan fingerprint density at radius 1 is 1.43 bits per heavy atom. The van der Waals surface area contributed by atoms with Crippen LogP contribution in [0.3, 0.4) is 0 Å². The van der Waals surface area contributed by atoms with Crippen LogP contribution in [0, 0.1) is 12.3 Å². The molecule has 0 heterocycles. The first kappa shape index (κ1) is 13.4. The molecule has 0 rings (SSSR count). The van der Waals surface area contributed by atoms with Crippen molar-refractivity contribution in [2.75, 3.05) is 18.8 Å². The van der Waals surface area contributed by atoms with Gasteiger partial charge in [0.15, 0.2) is 0 Å². The quantitative estimate of drug-likeness (QED) is 0.484. The minimum absolute atomic E-state index is 0.0476. The number of nitrogens with one attached hydrogen (secondary N) is 2. The second kappa shape index (κ2) is 5.35. The summed E-state index contributed by atoms with van der Waals surface area (Å²) in [6.45, 7) is 6.42. The predicted molar refractivity (Wildman–Crippen MR) is 58.4 cm³/mol. The summed E-state index contributed by atoms with van der Waals surface area (Å²) in [5, 5.41) is 2.94. The fourth-order valence-electron chi connectivity index (χ4n) is 0.853. The lowest BCUT2D eigenvalue weighted by Gasteiger charge is -2.19. The molecule has 0 aromatic heterocycles. The molecule has 4 nitrogen and oxygen atoms in total. The highest BCUT2D eigenvalue weighted by molar-refractivity contribution is 7.89. The van der Waals surface area contributed by atoms with Gasteiger partial charge in [0.1, 0.15) is 0 Å². The Labute approximate surface area is 86.5 Å². The van der Waals surface area contributed by atoms with Crippen LogP contribution in [0.15, 0.2) is 0 Å². The van der Waals surface area contributed by atoms with Crippen LogP contribution < -0.4 is 10.0 Å². The van der Waals surface area contributed by atoms with Crippen LogP contribution in [-0.2, 0) is 10.0 Å². The van der Waals surface area contributed by atoms with E-state index in [1.165, 1.54) is 0 Å². The Bertz CT molecular complexity index is 301. The summed E-state index contributed by atoms with van der Waals surface area (Å²) in [5.74, 6) is 2.42. The molecule has 0 radical (unpaired) electrons. The van der Waals surface area contributed by atoms with Crippen LogP contribution in [0.5, 0.6) is 0 Å². The Balaban J connectivity index is 4.17. The molecule has 5 heteroatoms. The normalized spacial score (nSPS) is 12.4. The van der Waals surface area contributed by atoms with E-state index in [0.29, 0.717) is 6.54 Å². The van der Waals surface area contributed by atoms with E-state index < -0.39 is 15.6 Å². The molecule has 2 N–H and O–H groups in total. The van der Waals surface area contributed by atoms with Gasteiger partial charge in [0.2, 0.25) is 10.0 Å². The van der Waals surface area contributed by atoms with Crippen molar-refractivity contribution in [3.05, 3.63) is 0 Å². The molecule has 0 aliphatic carbocycles. The molecular formula is C9H18N2O2S. The van der Waals surface area contributed by atoms with Crippen LogP contribution in [0.1, 0.15) is 20.8 Å². The lowest BCUT2D eigenvalue weighted by atomic mass is 10.1. The van der Waals surface area contributed by atoms with E-state index in [-0.39, 0.29) is 5.75 Å². The minimum atomic E-state index is -3.28. The maximum Gasteiger partial charge on any atom is 0.214 e. The third-order valence-corrected chi connectivity index (χ3v) is 3.13. The summed E-state index contributed by atoms with van der Waals surface area (Å²) in [5.41, 5.74) is -0.814. The van der Waals surface area contributed by atoms with E-state index in [4.69, 9.17) is 6.42 Å². The average molecular weight is 218 g/mol. The lowest BCUT2D eigenvalue weighted by molar-refractivity contribution is 0.536. The fourth-order valence-corrected chi connectivity index (χ4v) is 2.20. The second-order valence-electron chi connectivity index (χ2n) is 3.54. The highest BCUT2D eigenvalue weighted by Crippen LogP contribution is 2.01. The summed E-state index contributed by atoms with van der Waals surface area (Å²) >= 11 is 0. The van der Waals surface area contributed by atoms with Crippen molar-refractivity contribution < 1.29 is 8.42 Å². The number of rotatable bonds is 6. The monoisotopic (exact) mass is 218 g/mol. The van der Waals surface area contributed by atoms with Gasteiger partial charge in [-0.15, -0.1) is 6.42 Å². The molecule has 0 fully saturated rings. The van der Waals surface area contributed by atoms with Gasteiger partial charge in [-0.25, -0.2) is 8.42 Å². The van der Waals surface area contributed by atoms with E-state index in [0.717, 1.165) is 6.54 Å². The maximum atomic E-state index is 11.4. The van der Waals surface area contributed by atoms with Gasteiger partial charge < -0.3 is 5.32 Å². The highest BCUT2D eigenvalue weighted by Gasteiger charge is 2.21. The third kappa shape index (κ3) is 5.97. The molecule has 0 aromatic carbocycles. The molecule has 0 aliphatic heterocycles. The molecule has 0 unspecified atom stereocenters. The first-order valence-electron chi connectivity index (χ1n) is 4.53. The number of hydrogen-bond acceptors (Lipinski definition) is 3. The van der Waals surface area contributed by atoms with E-state index in [1.807, 2.05) is 6.92 Å². The smallest absolute Gasteiger partial charge is 0.214 e. The van der Waals surface area contributed by atoms with Gasteiger partial charge in [-0.3, -0.25) is 0 Å². The zero-order valence-corrected chi connectivity index (χ0v) is 9.74. The SMILES string of the molecule is C#CC(C)(C)NS(=O)(=O)CCNCC. The van der Waals surface area contributed by atoms with Crippen molar-refractivity contribution >= 4 is 10.0 Å². The number of sulfonamides is 1. The largest absolute Gasteiger partial charge is 0.316 e. The van der Waals surface area contributed by atoms with Gasteiger partial charge in [-0.05, 0) is 20.4 Å². The standard InChI is InChI=1S/C9H18N2O2S/c1-5-9(3,4)11-14(12,13)8-7-10-6-2/h1,10-11H,6-8H2,2-4H3. The Morgan fingerprint density at radius 2 is 2.00 bits per heavy atom. The van der Waals surface area contributed by atoms with Gasteiger partial charge in [-0.1, -0.05) is 12.8 Å². The van der Waals surface area contributed by atoms with Crippen molar-refractivity contribution in [3.63, 3.8) is 0 Å². The highest BCUT2D eigenvalue weighted by atomic mass is 32.2. The molecular weight excluding hydrogens is 200 g/mol. The van der Waals surface area contributed by atoms with E-state index >= 15 is 0 Å². The summed E-state index contributed by atoms with van der Waals surface area (Å²) < 4.78 is 25.3. The Morgan fingerprint density at radius 3 is 2.43 bits per heavy atom. The maximum absolute atomic E-state index is 11.4. The Kier molecular flexibility index (Phi) is 5.13. The molecule has 82 valence electrons. The van der Waals surface area contributed by atoms with Gasteiger partial charge in [0.05, 0.1) is 11.3 Å². The molecule has 0 saturated heterocycles. The molecule has 0 amide bonds. The Hall–Kier alpha value is -0.570. The molecule has 0 aromatic rings. The molecule has 0 aliphatic rings. The van der Waals surface area contributed by atoms with E-state index in [2.05, 4.69) is 16.0 Å². The zero-order chi connectivity index (χ0) is 11.2. The number of terminal acetylenes is 1. The van der Waals surface area contributed by atoms with Crippen LogP contribution in [-0.4, -0.2) is 32.8 Å². The van der Waals surface area contributed by atoms with Crippen molar-refractivity contribution in [2.45, 2.75) is 26.3 Å². The van der Waals surface area contributed by atoms with E-state index in [1.54, 1.807) is 13.8 Å². The molecule has 0 spiro atoms. The summed E-state index contributed by atoms with van der Waals surface area (Å²) in [6.07, 6.45) is 5.18. The summed E-state index contributed by atoms with van der Waals surface area (Å²) in [4.78, 5) is 0. The first-order chi connectivity index (χ1) is 6.33. The van der Waals surface area contributed by atoms with Gasteiger partial charge in [0, 0.05) is 6.54 Å². The molecule has 0 atom stereocenters. The summed E-state index contributed by atoms with van der Waals surface area (Å²) in [7, 11) is -3.28.